The maximum absolute atomic E-state index is 12.3. The normalized spacial score (nSPS) is 13.4. The van der Waals surface area contributed by atoms with Crippen LogP contribution in [-0.4, -0.2) is 31.3 Å². The molecule has 0 radical (unpaired) electrons. The SMILES string of the molecule is CC(C)C[C@H](CN(C)C)C(=O)/C=C\c1ccccc1. The molecule has 0 N–H and O–H groups in total. The van der Waals surface area contributed by atoms with E-state index in [0.717, 1.165) is 18.5 Å². The second-order valence-electron chi connectivity index (χ2n) is 5.74. The Kier molecular flexibility index (Phi) is 6.51. The van der Waals surface area contributed by atoms with E-state index in [9.17, 15) is 4.79 Å². The first-order valence-corrected chi connectivity index (χ1v) is 6.90. The van der Waals surface area contributed by atoms with Crippen molar-refractivity contribution in [1.82, 2.24) is 4.90 Å². The minimum atomic E-state index is 0.0926. The van der Waals surface area contributed by atoms with Crippen LogP contribution in [0, 0.1) is 11.8 Å². The Labute approximate surface area is 117 Å². The van der Waals surface area contributed by atoms with Crippen LogP contribution in [0.5, 0.6) is 0 Å². The highest BCUT2D eigenvalue weighted by Gasteiger charge is 2.18. The van der Waals surface area contributed by atoms with E-state index < -0.39 is 0 Å². The summed E-state index contributed by atoms with van der Waals surface area (Å²) in [5, 5.41) is 0. The summed E-state index contributed by atoms with van der Waals surface area (Å²) >= 11 is 0. The Balaban J connectivity index is 2.68. The van der Waals surface area contributed by atoms with Crippen molar-refractivity contribution in [3.8, 4) is 0 Å². The average molecular weight is 259 g/mol. The smallest absolute Gasteiger partial charge is 0.160 e. The molecule has 0 aliphatic heterocycles. The number of hydrogen-bond acceptors (Lipinski definition) is 2. The van der Waals surface area contributed by atoms with Gasteiger partial charge in [0.05, 0.1) is 0 Å². The predicted octanol–water partition coefficient (Wildman–Crippen LogP) is 3.49. The third kappa shape index (κ3) is 6.35. The van der Waals surface area contributed by atoms with Gasteiger partial charge in [0.25, 0.3) is 0 Å². The van der Waals surface area contributed by atoms with E-state index in [0.29, 0.717) is 5.92 Å². The van der Waals surface area contributed by atoms with E-state index in [-0.39, 0.29) is 11.7 Å². The first-order valence-electron chi connectivity index (χ1n) is 6.90. The van der Waals surface area contributed by atoms with Gasteiger partial charge in [0.2, 0.25) is 0 Å². The highest BCUT2D eigenvalue weighted by molar-refractivity contribution is 5.95. The minimum Gasteiger partial charge on any atom is -0.309 e. The quantitative estimate of drug-likeness (QED) is 0.699. The summed E-state index contributed by atoms with van der Waals surface area (Å²) in [5.74, 6) is 0.861. The van der Waals surface area contributed by atoms with E-state index in [2.05, 4.69) is 18.7 Å². The fourth-order valence-corrected chi connectivity index (χ4v) is 2.17. The number of allylic oxidation sites excluding steroid dienone is 1. The van der Waals surface area contributed by atoms with Gasteiger partial charge in [0, 0.05) is 12.5 Å². The van der Waals surface area contributed by atoms with Crippen LogP contribution in [0.2, 0.25) is 0 Å². The summed E-state index contributed by atoms with van der Waals surface area (Å²) < 4.78 is 0. The molecule has 0 amide bonds. The minimum absolute atomic E-state index is 0.0926. The fraction of sp³-hybridized carbons (Fsp3) is 0.471. The molecule has 1 atom stereocenters. The standard InChI is InChI=1S/C17H25NO/c1-14(2)12-16(13-18(3)4)17(19)11-10-15-8-6-5-7-9-15/h5-11,14,16H,12-13H2,1-4H3/b11-10-/t16-/m1/s1. The zero-order valence-corrected chi connectivity index (χ0v) is 12.5. The van der Waals surface area contributed by atoms with Crippen molar-refractivity contribution in [3.05, 3.63) is 42.0 Å². The summed E-state index contributed by atoms with van der Waals surface area (Å²) in [4.78, 5) is 14.4. The summed E-state index contributed by atoms with van der Waals surface area (Å²) in [6.45, 7) is 5.14. The predicted molar refractivity (Wildman–Crippen MR) is 82.0 cm³/mol. The third-order valence-corrected chi connectivity index (χ3v) is 2.98. The molecule has 2 heteroatoms. The molecule has 0 spiro atoms. The van der Waals surface area contributed by atoms with Crippen LogP contribution in [0.1, 0.15) is 25.8 Å². The molecule has 0 aliphatic rings. The van der Waals surface area contributed by atoms with Crippen molar-refractivity contribution >= 4 is 11.9 Å². The van der Waals surface area contributed by atoms with Crippen LogP contribution in [0.4, 0.5) is 0 Å². The molecule has 0 fully saturated rings. The molecule has 1 rings (SSSR count). The summed E-state index contributed by atoms with van der Waals surface area (Å²) in [5.41, 5.74) is 1.07. The highest BCUT2D eigenvalue weighted by atomic mass is 16.1. The van der Waals surface area contributed by atoms with Gasteiger partial charge in [0.15, 0.2) is 5.78 Å². The van der Waals surface area contributed by atoms with Gasteiger partial charge < -0.3 is 4.90 Å². The maximum Gasteiger partial charge on any atom is 0.160 e. The van der Waals surface area contributed by atoms with E-state index >= 15 is 0 Å². The number of carbonyl (C=O) groups is 1. The molecule has 104 valence electrons. The molecular formula is C17H25NO. The summed E-state index contributed by atoms with van der Waals surface area (Å²) in [6, 6.07) is 9.96. The van der Waals surface area contributed by atoms with Gasteiger partial charge in [-0.15, -0.1) is 0 Å². The Morgan fingerprint density at radius 1 is 1.21 bits per heavy atom. The Morgan fingerprint density at radius 2 is 1.84 bits per heavy atom. The Morgan fingerprint density at radius 3 is 2.37 bits per heavy atom. The lowest BCUT2D eigenvalue weighted by Crippen LogP contribution is -2.28. The largest absolute Gasteiger partial charge is 0.309 e. The number of ketones is 1. The second kappa shape index (κ2) is 7.90. The van der Waals surface area contributed by atoms with Crippen molar-refractivity contribution < 1.29 is 4.79 Å². The monoisotopic (exact) mass is 259 g/mol. The van der Waals surface area contributed by atoms with Crippen LogP contribution >= 0.6 is 0 Å². The summed E-state index contributed by atoms with van der Waals surface area (Å²) in [6.07, 6.45) is 4.58. The number of benzene rings is 1. The molecule has 0 aliphatic carbocycles. The average Bonchev–Trinajstić information content (AvgIpc) is 2.35. The maximum atomic E-state index is 12.3. The van der Waals surface area contributed by atoms with E-state index in [1.165, 1.54) is 0 Å². The lowest BCUT2D eigenvalue weighted by molar-refractivity contribution is -0.119. The van der Waals surface area contributed by atoms with Gasteiger partial charge in [-0.3, -0.25) is 4.79 Å². The van der Waals surface area contributed by atoms with Crippen LogP contribution in [0.15, 0.2) is 36.4 Å². The van der Waals surface area contributed by atoms with Crippen LogP contribution in [0.25, 0.3) is 6.08 Å². The van der Waals surface area contributed by atoms with Gasteiger partial charge in [0.1, 0.15) is 0 Å². The first-order chi connectivity index (χ1) is 8.99. The fourth-order valence-electron chi connectivity index (χ4n) is 2.17. The molecule has 0 unspecified atom stereocenters. The first kappa shape index (κ1) is 15.6. The molecule has 2 nitrogen and oxygen atoms in total. The number of rotatable bonds is 7. The molecule has 1 aromatic carbocycles. The summed E-state index contributed by atoms with van der Waals surface area (Å²) in [7, 11) is 4.03. The molecule has 0 saturated heterocycles. The Bertz CT molecular complexity index is 397. The molecule has 0 heterocycles. The topological polar surface area (TPSA) is 20.3 Å². The van der Waals surface area contributed by atoms with Gasteiger partial charge in [-0.25, -0.2) is 0 Å². The van der Waals surface area contributed by atoms with E-state index in [1.54, 1.807) is 6.08 Å². The van der Waals surface area contributed by atoms with Gasteiger partial charge in [-0.1, -0.05) is 50.3 Å². The van der Waals surface area contributed by atoms with Crippen molar-refractivity contribution in [3.63, 3.8) is 0 Å². The van der Waals surface area contributed by atoms with Crippen LogP contribution in [0.3, 0.4) is 0 Å². The van der Waals surface area contributed by atoms with Gasteiger partial charge in [-0.2, -0.15) is 0 Å². The molecule has 0 saturated carbocycles. The van der Waals surface area contributed by atoms with Crippen molar-refractivity contribution in [2.24, 2.45) is 11.8 Å². The molecule has 0 aromatic heterocycles. The Hall–Kier alpha value is -1.41. The van der Waals surface area contributed by atoms with E-state index in [4.69, 9.17) is 0 Å². The van der Waals surface area contributed by atoms with Gasteiger partial charge in [-0.05, 0) is 38.1 Å². The highest BCUT2D eigenvalue weighted by Crippen LogP contribution is 2.15. The lowest BCUT2D eigenvalue weighted by Gasteiger charge is -2.20. The molecule has 19 heavy (non-hydrogen) atoms. The third-order valence-electron chi connectivity index (χ3n) is 2.98. The van der Waals surface area contributed by atoms with Gasteiger partial charge >= 0.3 is 0 Å². The zero-order valence-electron chi connectivity index (χ0n) is 12.5. The zero-order chi connectivity index (χ0) is 14.3. The van der Waals surface area contributed by atoms with E-state index in [1.807, 2.05) is 50.5 Å². The van der Waals surface area contributed by atoms with Crippen LogP contribution in [-0.2, 0) is 4.79 Å². The lowest BCUT2D eigenvalue weighted by atomic mass is 9.92. The molecule has 0 bridgehead atoms. The molecule has 1 aromatic rings. The number of carbonyl (C=O) groups excluding carboxylic acids is 1. The number of nitrogens with zero attached hydrogens (tertiary/aromatic N) is 1. The molecular weight excluding hydrogens is 234 g/mol. The van der Waals surface area contributed by atoms with Crippen LogP contribution < -0.4 is 0 Å². The van der Waals surface area contributed by atoms with Crippen molar-refractivity contribution in [2.45, 2.75) is 20.3 Å². The second-order valence-corrected chi connectivity index (χ2v) is 5.74. The van der Waals surface area contributed by atoms with Crippen molar-refractivity contribution in [2.75, 3.05) is 20.6 Å². The van der Waals surface area contributed by atoms with Crippen molar-refractivity contribution in [1.29, 1.82) is 0 Å². The number of hydrogen-bond donors (Lipinski definition) is 0.